The first kappa shape index (κ1) is 42.3. The number of hydrogen-bond donors (Lipinski definition) is 1. The van der Waals surface area contributed by atoms with Crippen molar-refractivity contribution in [2.75, 3.05) is 85.1 Å². The second kappa shape index (κ2) is 20.6. The van der Waals surface area contributed by atoms with Gasteiger partial charge in [-0.25, -0.2) is 0 Å². The molecule has 1 amide bonds. The van der Waals surface area contributed by atoms with E-state index >= 15 is 0 Å². The van der Waals surface area contributed by atoms with Crippen LogP contribution in [0.25, 0.3) is 0 Å². The summed E-state index contributed by atoms with van der Waals surface area (Å²) in [4.78, 5) is 59.5. The molecule has 47 heavy (non-hydrogen) atoms. The molecule has 0 radical (unpaired) electrons. The second-order valence-corrected chi connectivity index (χ2v) is 15.2. The second-order valence-electron chi connectivity index (χ2n) is 15.2. The van der Waals surface area contributed by atoms with E-state index in [1.165, 1.54) is 0 Å². The van der Waals surface area contributed by atoms with Crippen molar-refractivity contribution >= 4 is 23.8 Å². The van der Waals surface area contributed by atoms with E-state index in [0.29, 0.717) is 58.9 Å². The van der Waals surface area contributed by atoms with Crippen LogP contribution in [0.4, 0.5) is 0 Å². The Morgan fingerprint density at radius 2 is 0.872 bits per heavy atom. The molecular formula is C35H63N5O7. The molecule has 0 aromatic rings. The Balaban J connectivity index is 3.15. The summed E-state index contributed by atoms with van der Waals surface area (Å²) in [6.45, 7) is 21.5. The summed E-state index contributed by atoms with van der Waals surface area (Å²) in [5.74, 6) is 1.56. The van der Waals surface area contributed by atoms with Crippen LogP contribution in [0.15, 0.2) is 0 Å². The van der Waals surface area contributed by atoms with E-state index in [1.807, 2.05) is 77.0 Å². The molecule has 0 atom stereocenters. The molecule has 0 aliphatic carbocycles. The van der Waals surface area contributed by atoms with Crippen LogP contribution in [0.5, 0.6) is 0 Å². The van der Waals surface area contributed by atoms with Gasteiger partial charge in [0.1, 0.15) is 16.8 Å². The Bertz CT molecular complexity index is 977. The zero-order valence-corrected chi connectivity index (χ0v) is 30.7. The van der Waals surface area contributed by atoms with E-state index in [2.05, 4.69) is 16.1 Å². The van der Waals surface area contributed by atoms with Gasteiger partial charge in [-0.1, -0.05) is 6.42 Å². The van der Waals surface area contributed by atoms with Gasteiger partial charge < -0.3 is 19.5 Å². The summed E-state index contributed by atoms with van der Waals surface area (Å²) in [5.41, 5.74) is -1.85. The molecule has 1 aliphatic rings. The van der Waals surface area contributed by atoms with E-state index < -0.39 is 16.8 Å². The number of rotatable bonds is 13. The number of nitrogens with one attached hydrogen (secondary N) is 1. The van der Waals surface area contributed by atoms with Crippen molar-refractivity contribution in [3.8, 4) is 12.3 Å². The number of esters is 3. The minimum atomic E-state index is -0.618. The topological polar surface area (TPSA) is 121 Å². The van der Waals surface area contributed by atoms with E-state index in [4.69, 9.17) is 20.6 Å². The van der Waals surface area contributed by atoms with Crippen LogP contribution in [0.2, 0.25) is 0 Å². The van der Waals surface area contributed by atoms with Gasteiger partial charge in [0, 0.05) is 65.3 Å². The maximum atomic E-state index is 12.9. The van der Waals surface area contributed by atoms with Gasteiger partial charge >= 0.3 is 17.9 Å². The van der Waals surface area contributed by atoms with E-state index in [9.17, 15) is 19.2 Å². The Morgan fingerprint density at radius 3 is 1.17 bits per heavy atom. The number of terminal acetylenes is 1. The van der Waals surface area contributed by atoms with Crippen molar-refractivity contribution in [1.82, 2.24) is 24.9 Å². The molecule has 1 fully saturated rings. The summed E-state index contributed by atoms with van der Waals surface area (Å²) in [7, 11) is 0. The fraction of sp³-hybridized carbons (Fsp3) is 0.829. The van der Waals surface area contributed by atoms with Gasteiger partial charge in [-0.15, -0.1) is 12.3 Å². The maximum Gasteiger partial charge on any atom is 0.320 e. The highest BCUT2D eigenvalue weighted by atomic mass is 16.6. The van der Waals surface area contributed by atoms with Crippen LogP contribution >= 0.6 is 0 Å². The molecule has 12 nitrogen and oxygen atoms in total. The predicted octanol–water partition coefficient (Wildman–Crippen LogP) is 2.54. The lowest BCUT2D eigenvalue weighted by Gasteiger charge is -2.34. The summed E-state index contributed by atoms with van der Waals surface area (Å²) in [6.07, 6.45) is 8.82. The fourth-order valence-corrected chi connectivity index (χ4v) is 4.90. The van der Waals surface area contributed by atoms with Gasteiger partial charge in [-0.2, -0.15) is 0 Å². The molecule has 1 saturated heterocycles. The van der Waals surface area contributed by atoms with E-state index in [1.54, 1.807) is 0 Å². The molecule has 1 heterocycles. The molecular weight excluding hydrogens is 602 g/mol. The van der Waals surface area contributed by atoms with Gasteiger partial charge in [0.25, 0.3) is 0 Å². The molecule has 0 aromatic carbocycles. The van der Waals surface area contributed by atoms with Crippen LogP contribution in [0.1, 0.15) is 88.0 Å². The van der Waals surface area contributed by atoms with Gasteiger partial charge in [0.05, 0.1) is 26.2 Å². The molecule has 0 unspecified atom stereocenters. The highest BCUT2D eigenvalue weighted by Gasteiger charge is 2.26. The van der Waals surface area contributed by atoms with Crippen molar-refractivity contribution in [2.24, 2.45) is 0 Å². The van der Waals surface area contributed by atoms with Crippen molar-refractivity contribution in [3.63, 3.8) is 0 Å². The van der Waals surface area contributed by atoms with Crippen molar-refractivity contribution in [3.05, 3.63) is 0 Å². The third-order valence-corrected chi connectivity index (χ3v) is 6.94. The van der Waals surface area contributed by atoms with Crippen LogP contribution in [-0.4, -0.2) is 145 Å². The highest BCUT2D eigenvalue weighted by molar-refractivity contribution is 5.78. The quantitative estimate of drug-likeness (QED) is 0.135. The third kappa shape index (κ3) is 23.3. The minimum absolute atomic E-state index is 0.0741. The first-order chi connectivity index (χ1) is 21.7. The fourth-order valence-electron chi connectivity index (χ4n) is 4.90. The minimum Gasteiger partial charge on any atom is -0.459 e. The van der Waals surface area contributed by atoms with Gasteiger partial charge in [0.15, 0.2) is 0 Å². The zero-order valence-electron chi connectivity index (χ0n) is 30.7. The molecule has 0 bridgehead atoms. The van der Waals surface area contributed by atoms with Crippen LogP contribution in [0, 0.1) is 12.3 Å². The zero-order chi connectivity index (χ0) is 35.7. The molecule has 12 heteroatoms. The molecule has 1 N–H and O–H groups in total. The van der Waals surface area contributed by atoms with Crippen molar-refractivity contribution < 1.29 is 33.4 Å². The molecule has 0 saturated carbocycles. The average molecular weight is 666 g/mol. The maximum absolute atomic E-state index is 12.9. The molecule has 1 rings (SSSR count). The van der Waals surface area contributed by atoms with Crippen LogP contribution in [0.3, 0.4) is 0 Å². The summed E-state index contributed by atoms with van der Waals surface area (Å²) >= 11 is 0. The molecule has 270 valence electrons. The van der Waals surface area contributed by atoms with Gasteiger partial charge in [-0.3, -0.25) is 38.8 Å². The van der Waals surface area contributed by atoms with E-state index in [0.717, 1.165) is 25.7 Å². The summed E-state index contributed by atoms with van der Waals surface area (Å²) in [6, 6.07) is 0. The van der Waals surface area contributed by atoms with Crippen LogP contribution < -0.4 is 5.32 Å². The lowest BCUT2D eigenvalue weighted by molar-refractivity contribution is -0.158. The Labute approximate surface area is 284 Å². The van der Waals surface area contributed by atoms with Crippen molar-refractivity contribution in [2.45, 2.75) is 105 Å². The van der Waals surface area contributed by atoms with Gasteiger partial charge in [0.2, 0.25) is 5.91 Å². The van der Waals surface area contributed by atoms with Crippen LogP contribution in [-0.2, 0) is 33.4 Å². The largest absolute Gasteiger partial charge is 0.459 e. The summed E-state index contributed by atoms with van der Waals surface area (Å²) < 4.78 is 16.8. The molecule has 1 aliphatic heterocycles. The number of ether oxygens (including phenoxy) is 3. The molecule has 0 aromatic heterocycles. The molecule has 0 spiro atoms. The Hall–Kier alpha value is -2.72. The highest BCUT2D eigenvalue weighted by Crippen LogP contribution is 2.11. The number of amides is 1. The number of nitrogens with zero attached hydrogens (tertiary/aromatic N) is 4. The first-order valence-corrected chi connectivity index (χ1v) is 17.0. The number of hydrogen-bond acceptors (Lipinski definition) is 11. The number of carbonyl (C=O) groups is 4. The smallest absolute Gasteiger partial charge is 0.320 e. The van der Waals surface area contributed by atoms with E-state index in [-0.39, 0.29) is 50.0 Å². The third-order valence-electron chi connectivity index (χ3n) is 6.94. The number of unbranched alkanes of at least 4 members (excludes halogenated alkanes) is 3. The SMILES string of the molecule is C#CCCCCCNC(=O)CN1CCN(CC(=O)OC(C)(C)C)CCN(CC(=O)OC(C)(C)C)CCN(CC(=O)OC(C)(C)C)CC1. The average Bonchev–Trinajstić information content (AvgIpc) is 2.88. The Kier molecular flexibility index (Phi) is 18.5. The normalized spacial score (nSPS) is 17.1. The van der Waals surface area contributed by atoms with Gasteiger partial charge in [-0.05, 0) is 75.2 Å². The monoisotopic (exact) mass is 665 g/mol. The number of carbonyl (C=O) groups excluding carboxylic acids is 4. The standard InChI is InChI=1S/C35H63N5O7/c1-11-12-13-14-15-16-36-29(41)25-37-17-19-38(26-30(42)45-33(2,3)4)21-23-40(28-32(44)47-35(8,9)10)24-22-39(20-18-37)27-31(43)46-34(5,6)7/h1H,12-28H2,2-10H3,(H,36,41). The Morgan fingerprint density at radius 1 is 0.553 bits per heavy atom. The predicted molar refractivity (Wildman–Crippen MR) is 184 cm³/mol. The first-order valence-electron chi connectivity index (χ1n) is 17.0. The summed E-state index contributed by atoms with van der Waals surface area (Å²) in [5, 5.41) is 3.01. The lowest BCUT2D eigenvalue weighted by Crippen LogP contribution is -2.50. The van der Waals surface area contributed by atoms with Crippen molar-refractivity contribution in [1.29, 1.82) is 0 Å². The lowest BCUT2D eigenvalue weighted by atomic mass is 10.2.